The molecule has 29 heavy (non-hydrogen) atoms. The molecule has 0 aliphatic heterocycles. The van der Waals surface area contributed by atoms with Crippen molar-refractivity contribution >= 4 is 33.3 Å². The number of hydrogen-bond acceptors (Lipinski definition) is 5. The molecule has 7 nitrogen and oxygen atoms in total. The van der Waals surface area contributed by atoms with Crippen LogP contribution in [-0.4, -0.2) is 39.7 Å². The zero-order valence-corrected chi connectivity index (χ0v) is 18.1. The van der Waals surface area contributed by atoms with Crippen molar-refractivity contribution in [2.45, 2.75) is 27.7 Å². The van der Waals surface area contributed by atoms with Crippen LogP contribution in [0.5, 0.6) is 0 Å². The minimum absolute atomic E-state index is 0.244. The average molecular weight is 419 g/mol. The van der Waals surface area contributed by atoms with E-state index in [1.165, 1.54) is 6.07 Å². The first-order valence-electron chi connectivity index (χ1n) is 9.16. The van der Waals surface area contributed by atoms with Crippen molar-refractivity contribution in [3.05, 3.63) is 58.7 Å². The Morgan fingerprint density at radius 3 is 2.21 bits per heavy atom. The second-order valence-corrected chi connectivity index (χ2v) is 8.72. The van der Waals surface area contributed by atoms with Crippen LogP contribution in [0.15, 0.2) is 36.4 Å². The van der Waals surface area contributed by atoms with Crippen LogP contribution in [0.1, 0.15) is 34.0 Å². The van der Waals surface area contributed by atoms with E-state index in [9.17, 15) is 18.0 Å². The maximum Gasteiger partial charge on any atom is 0.338 e. The summed E-state index contributed by atoms with van der Waals surface area (Å²) >= 11 is 0. The fraction of sp³-hybridized carbons (Fsp3) is 0.333. The largest absolute Gasteiger partial charge is 0.462 e. The van der Waals surface area contributed by atoms with Crippen molar-refractivity contribution in [2.24, 2.45) is 0 Å². The lowest BCUT2D eigenvalue weighted by atomic mass is 10.1. The normalized spacial score (nSPS) is 11.1. The molecule has 0 aliphatic rings. The minimum atomic E-state index is -3.69. The van der Waals surface area contributed by atoms with Crippen molar-refractivity contribution in [1.82, 2.24) is 0 Å². The Kier molecular flexibility index (Phi) is 7.02. The summed E-state index contributed by atoms with van der Waals surface area (Å²) in [5.74, 6) is -1.00. The molecular weight excluding hydrogens is 392 g/mol. The van der Waals surface area contributed by atoms with Crippen molar-refractivity contribution in [1.29, 1.82) is 0 Å². The Balaban J connectivity index is 2.30. The van der Waals surface area contributed by atoms with Crippen LogP contribution in [0.4, 0.5) is 11.4 Å². The number of carbonyl (C=O) groups excluding carboxylic acids is 2. The van der Waals surface area contributed by atoms with Crippen molar-refractivity contribution in [2.75, 3.05) is 29.0 Å². The van der Waals surface area contributed by atoms with Crippen LogP contribution in [0.3, 0.4) is 0 Å². The van der Waals surface area contributed by atoms with Crippen LogP contribution in [0, 0.1) is 20.8 Å². The minimum Gasteiger partial charge on any atom is -0.462 e. The highest BCUT2D eigenvalue weighted by Crippen LogP contribution is 2.27. The van der Waals surface area contributed by atoms with Gasteiger partial charge in [0.05, 0.1) is 24.1 Å². The first-order chi connectivity index (χ1) is 13.5. The molecule has 0 spiro atoms. The number of anilines is 2. The number of nitrogens with one attached hydrogen (secondary N) is 1. The number of esters is 1. The second kappa shape index (κ2) is 9.09. The Morgan fingerprint density at radius 1 is 1.03 bits per heavy atom. The Labute approximate surface area is 171 Å². The van der Waals surface area contributed by atoms with Crippen molar-refractivity contribution in [3.8, 4) is 0 Å². The van der Waals surface area contributed by atoms with E-state index < -0.39 is 21.9 Å². The van der Waals surface area contributed by atoms with Gasteiger partial charge in [-0.05, 0) is 56.5 Å². The lowest BCUT2D eigenvalue weighted by Crippen LogP contribution is -2.38. The number of sulfonamides is 1. The van der Waals surface area contributed by atoms with Crippen LogP contribution in [0.2, 0.25) is 0 Å². The summed E-state index contributed by atoms with van der Waals surface area (Å²) in [5, 5.41) is 2.71. The predicted molar refractivity (Wildman–Crippen MR) is 114 cm³/mol. The zero-order valence-electron chi connectivity index (χ0n) is 17.3. The molecule has 0 heterocycles. The highest BCUT2D eigenvalue weighted by Gasteiger charge is 2.24. The maximum atomic E-state index is 12.7. The number of carbonyl (C=O) groups is 2. The smallest absolute Gasteiger partial charge is 0.338 e. The molecule has 0 saturated carbocycles. The monoisotopic (exact) mass is 418 g/mol. The van der Waals surface area contributed by atoms with Crippen molar-refractivity contribution in [3.63, 3.8) is 0 Å². The fourth-order valence-electron chi connectivity index (χ4n) is 2.98. The summed E-state index contributed by atoms with van der Waals surface area (Å²) in [6.45, 7) is 6.95. The van der Waals surface area contributed by atoms with Crippen LogP contribution >= 0.6 is 0 Å². The van der Waals surface area contributed by atoms with Gasteiger partial charge in [-0.3, -0.25) is 9.10 Å². The molecule has 0 unspecified atom stereocenters. The first-order valence-corrected chi connectivity index (χ1v) is 11.0. The molecule has 1 amide bonds. The third-order valence-electron chi connectivity index (χ3n) is 4.40. The van der Waals surface area contributed by atoms with E-state index in [-0.39, 0.29) is 13.2 Å². The van der Waals surface area contributed by atoms with Gasteiger partial charge in [0.25, 0.3) is 0 Å². The molecule has 2 aromatic carbocycles. The number of rotatable bonds is 7. The quantitative estimate of drug-likeness (QED) is 0.697. The summed E-state index contributed by atoms with van der Waals surface area (Å²) in [6, 6.07) is 10.3. The molecule has 0 aliphatic carbocycles. The van der Waals surface area contributed by atoms with Gasteiger partial charge >= 0.3 is 5.97 Å². The molecule has 1 N–H and O–H groups in total. The molecule has 0 atom stereocenters. The van der Waals surface area contributed by atoms with E-state index >= 15 is 0 Å². The lowest BCUT2D eigenvalue weighted by Gasteiger charge is -2.25. The summed E-state index contributed by atoms with van der Waals surface area (Å²) in [6.07, 6.45) is 1.07. The topological polar surface area (TPSA) is 92.8 Å². The van der Waals surface area contributed by atoms with E-state index in [2.05, 4.69) is 5.32 Å². The molecule has 2 rings (SSSR count). The summed E-state index contributed by atoms with van der Waals surface area (Å²) in [5.41, 5.74) is 3.47. The van der Waals surface area contributed by atoms with Gasteiger partial charge in [0.15, 0.2) is 0 Å². The van der Waals surface area contributed by atoms with Gasteiger partial charge in [0.1, 0.15) is 6.54 Å². The van der Waals surface area contributed by atoms with E-state index in [4.69, 9.17) is 4.74 Å². The van der Waals surface area contributed by atoms with Crippen LogP contribution in [-0.2, 0) is 19.6 Å². The summed E-state index contributed by atoms with van der Waals surface area (Å²) in [4.78, 5) is 24.6. The summed E-state index contributed by atoms with van der Waals surface area (Å²) in [7, 11) is -3.69. The van der Waals surface area contributed by atoms with Gasteiger partial charge in [0, 0.05) is 5.69 Å². The molecule has 8 heteroatoms. The number of nitrogens with zero attached hydrogens (tertiary/aromatic N) is 1. The standard InChI is InChI=1S/C21H26N2O5S/c1-6-28-21(25)17-11-10-14(2)18(12-17)22-19(24)13-23(29(5,26)27)20-15(3)8-7-9-16(20)4/h7-12H,6,13H2,1-5H3,(H,22,24). The van der Waals surface area contributed by atoms with E-state index in [1.807, 2.05) is 6.07 Å². The molecule has 2 aromatic rings. The number of amides is 1. The van der Waals surface area contributed by atoms with Gasteiger partial charge in [-0.15, -0.1) is 0 Å². The van der Waals surface area contributed by atoms with Crippen LogP contribution < -0.4 is 9.62 Å². The van der Waals surface area contributed by atoms with Gasteiger partial charge in [0.2, 0.25) is 15.9 Å². The maximum absolute atomic E-state index is 12.7. The first kappa shape index (κ1) is 22.4. The Hall–Kier alpha value is -2.87. The predicted octanol–water partition coefficient (Wildman–Crippen LogP) is 3.19. The van der Waals surface area contributed by atoms with E-state index in [0.717, 1.165) is 27.3 Å². The number of benzene rings is 2. The molecule has 0 aromatic heterocycles. The zero-order chi connectivity index (χ0) is 21.8. The van der Waals surface area contributed by atoms with Gasteiger partial charge in [-0.25, -0.2) is 13.2 Å². The molecule has 0 fully saturated rings. The molecule has 0 radical (unpaired) electrons. The SMILES string of the molecule is CCOC(=O)c1ccc(C)c(NC(=O)CN(c2c(C)cccc2C)S(C)(=O)=O)c1. The van der Waals surface area contributed by atoms with E-state index in [1.54, 1.807) is 52.0 Å². The molecule has 0 saturated heterocycles. The number of ether oxygens (including phenoxy) is 1. The van der Waals surface area contributed by atoms with Crippen LogP contribution in [0.25, 0.3) is 0 Å². The molecule has 156 valence electrons. The fourth-order valence-corrected chi connectivity index (χ4v) is 3.95. The van der Waals surface area contributed by atoms with Gasteiger partial charge in [-0.1, -0.05) is 24.3 Å². The molecular formula is C21H26N2O5S. The Bertz CT molecular complexity index is 1010. The number of hydrogen-bond donors (Lipinski definition) is 1. The lowest BCUT2D eigenvalue weighted by molar-refractivity contribution is -0.114. The van der Waals surface area contributed by atoms with Gasteiger partial charge in [-0.2, -0.15) is 0 Å². The third-order valence-corrected chi connectivity index (χ3v) is 5.51. The number of aryl methyl sites for hydroxylation is 3. The summed E-state index contributed by atoms with van der Waals surface area (Å²) < 4.78 is 30.9. The number of para-hydroxylation sites is 1. The molecule has 0 bridgehead atoms. The second-order valence-electron chi connectivity index (χ2n) is 6.81. The highest BCUT2D eigenvalue weighted by molar-refractivity contribution is 7.92. The van der Waals surface area contributed by atoms with Crippen molar-refractivity contribution < 1.29 is 22.7 Å². The average Bonchev–Trinajstić information content (AvgIpc) is 2.62. The third kappa shape index (κ3) is 5.57. The Morgan fingerprint density at radius 2 is 1.66 bits per heavy atom. The van der Waals surface area contributed by atoms with Gasteiger partial charge < -0.3 is 10.1 Å². The van der Waals surface area contributed by atoms with E-state index in [0.29, 0.717) is 16.9 Å². The highest BCUT2D eigenvalue weighted by atomic mass is 32.2.